The van der Waals surface area contributed by atoms with E-state index in [1.165, 1.54) is 4.31 Å². The Labute approximate surface area is 194 Å². The van der Waals surface area contributed by atoms with Gasteiger partial charge in [0.15, 0.2) is 0 Å². The quantitative estimate of drug-likeness (QED) is 0.553. The minimum absolute atomic E-state index is 0.0123. The second-order valence-electron chi connectivity index (χ2n) is 8.66. The first-order chi connectivity index (χ1) is 14.7. The number of carbonyl (C=O) groups excluding carboxylic acids is 1. The van der Waals surface area contributed by atoms with E-state index in [2.05, 4.69) is 35.1 Å². The zero-order valence-electron chi connectivity index (χ0n) is 18.1. The van der Waals surface area contributed by atoms with Gasteiger partial charge in [0.25, 0.3) is 0 Å². The molecule has 7 heteroatoms. The van der Waals surface area contributed by atoms with Crippen LogP contribution < -0.4 is 5.32 Å². The van der Waals surface area contributed by atoms with Gasteiger partial charge in [0, 0.05) is 23.5 Å². The van der Waals surface area contributed by atoms with E-state index >= 15 is 0 Å². The highest BCUT2D eigenvalue weighted by Crippen LogP contribution is 2.26. The van der Waals surface area contributed by atoms with Gasteiger partial charge in [-0.05, 0) is 48.4 Å². The minimum atomic E-state index is -3.39. The number of hydrogen-bond acceptors (Lipinski definition) is 3. The lowest BCUT2D eigenvalue weighted by Crippen LogP contribution is -2.44. The van der Waals surface area contributed by atoms with Crippen molar-refractivity contribution in [2.75, 3.05) is 13.1 Å². The van der Waals surface area contributed by atoms with Gasteiger partial charge in [-0.15, -0.1) is 0 Å². The van der Waals surface area contributed by atoms with Crippen LogP contribution in [0.5, 0.6) is 0 Å². The summed E-state index contributed by atoms with van der Waals surface area (Å²) in [6, 6.07) is 17.4. The number of benzene rings is 2. The third-order valence-corrected chi connectivity index (χ3v) is 8.08. The highest BCUT2D eigenvalue weighted by molar-refractivity contribution is 9.10. The first-order valence-electron chi connectivity index (χ1n) is 10.8. The Morgan fingerprint density at radius 2 is 1.68 bits per heavy atom. The van der Waals surface area contributed by atoms with Crippen LogP contribution in [0, 0.1) is 11.8 Å². The Morgan fingerprint density at radius 3 is 2.26 bits per heavy atom. The van der Waals surface area contributed by atoms with Crippen LogP contribution in [0.15, 0.2) is 59.1 Å². The average Bonchev–Trinajstić information content (AvgIpc) is 2.75. The number of nitrogens with one attached hydrogen (secondary N) is 1. The lowest BCUT2D eigenvalue weighted by molar-refractivity contribution is -0.127. The number of carbonyl (C=O) groups is 1. The van der Waals surface area contributed by atoms with E-state index in [-0.39, 0.29) is 23.6 Å². The zero-order valence-corrected chi connectivity index (χ0v) is 20.5. The number of nitrogens with zero attached hydrogens (tertiary/aromatic N) is 1. The molecule has 1 atom stereocenters. The fourth-order valence-electron chi connectivity index (χ4n) is 4.00. The fraction of sp³-hybridized carbons (Fsp3) is 0.458. The summed E-state index contributed by atoms with van der Waals surface area (Å²) in [5.74, 6) is 0.315. The van der Waals surface area contributed by atoms with Gasteiger partial charge < -0.3 is 5.32 Å². The van der Waals surface area contributed by atoms with Crippen LogP contribution >= 0.6 is 15.9 Å². The Bertz CT molecular complexity index is 954. The molecule has 0 saturated carbocycles. The molecule has 31 heavy (non-hydrogen) atoms. The minimum Gasteiger partial charge on any atom is -0.349 e. The van der Waals surface area contributed by atoms with E-state index in [4.69, 9.17) is 0 Å². The van der Waals surface area contributed by atoms with Crippen LogP contribution in [0.3, 0.4) is 0 Å². The second kappa shape index (κ2) is 10.7. The number of halogens is 1. The number of piperidine rings is 1. The van der Waals surface area contributed by atoms with Gasteiger partial charge in [-0.1, -0.05) is 72.2 Å². The molecular weight excluding hydrogens is 476 g/mol. The largest absolute Gasteiger partial charge is 0.349 e. The van der Waals surface area contributed by atoms with Crippen molar-refractivity contribution in [3.63, 3.8) is 0 Å². The summed E-state index contributed by atoms with van der Waals surface area (Å²) in [7, 11) is -3.39. The molecule has 2 aromatic carbocycles. The average molecular weight is 507 g/mol. The van der Waals surface area contributed by atoms with Gasteiger partial charge in [-0.25, -0.2) is 12.7 Å². The van der Waals surface area contributed by atoms with Gasteiger partial charge in [0.05, 0.1) is 11.8 Å². The van der Waals surface area contributed by atoms with E-state index < -0.39 is 10.0 Å². The maximum Gasteiger partial charge on any atom is 0.223 e. The van der Waals surface area contributed by atoms with Gasteiger partial charge in [-0.2, -0.15) is 0 Å². The standard InChI is InChI=1S/C24H31BrN2O3S/c1-18(2)16-23(20-6-4-3-5-7-20)26-24(28)21-12-14-27(15-13-21)31(29,30)17-19-8-10-22(25)11-9-19/h3-11,18,21,23H,12-17H2,1-2H3,(H,26,28)/t23-/m1/s1. The van der Waals surface area contributed by atoms with Gasteiger partial charge in [0.1, 0.15) is 0 Å². The van der Waals surface area contributed by atoms with Crippen LogP contribution in [-0.4, -0.2) is 31.7 Å². The predicted molar refractivity (Wildman–Crippen MR) is 128 cm³/mol. The molecule has 5 nitrogen and oxygen atoms in total. The van der Waals surface area contributed by atoms with Crippen LogP contribution in [-0.2, 0) is 20.6 Å². The maximum absolute atomic E-state index is 13.0. The summed E-state index contributed by atoms with van der Waals surface area (Å²) in [5, 5.41) is 3.22. The molecule has 1 heterocycles. The molecular formula is C24H31BrN2O3S. The summed E-state index contributed by atoms with van der Waals surface area (Å²) in [6.45, 7) is 5.07. The van der Waals surface area contributed by atoms with Gasteiger partial charge >= 0.3 is 0 Å². The molecule has 0 aliphatic carbocycles. The van der Waals surface area contributed by atoms with Crippen molar-refractivity contribution in [1.29, 1.82) is 0 Å². The molecule has 168 valence electrons. The smallest absolute Gasteiger partial charge is 0.223 e. The van der Waals surface area contributed by atoms with E-state index in [1.807, 2.05) is 54.6 Å². The van der Waals surface area contributed by atoms with Crippen molar-refractivity contribution in [3.8, 4) is 0 Å². The number of sulfonamides is 1. The van der Waals surface area contributed by atoms with E-state index in [0.29, 0.717) is 31.8 Å². The molecule has 1 amide bonds. The Hall–Kier alpha value is -1.70. The molecule has 1 saturated heterocycles. The second-order valence-corrected chi connectivity index (χ2v) is 11.5. The molecule has 2 aromatic rings. The van der Waals surface area contributed by atoms with Crippen LogP contribution in [0.4, 0.5) is 0 Å². The van der Waals surface area contributed by atoms with Crippen molar-refractivity contribution in [3.05, 3.63) is 70.2 Å². The van der Waals surface area contributed by atoms with E-state index in [0.717, 1.165) is 22.0 Å². The summed E-state index contributed by atoms with van der Waals surface area (Å²) < 4.78 is 28.1. The molecule has 0 unspecified atom stereocenters. The number of hydrogen-bond donors (Lipinski definition) is 1. The summed E-state index contributed by atoms with van der Waals surface area (Å²) in [5.41, 5.74) is 1.88. The van der Waals surface area contributed by atoms with Crippen LogP contribution in [0.25, 0.3) is 0 Å². The Balaban J connectivity index is 1.57. The summed E-state index contributed by atoms with van der Waals surface area (Å²) >= 11 is 3.37. The molecule has 1 aliphatic heterocycles. The highest BCUT2D eigenvalue weighted by atomic mass is 79.9. The lowest BCUT2D eigenvalue weighted by atomic mass is 9.93. The van der Waals surface area contributed by atoms with E-state index in [9.17, 15) is 13.2 Å². The monoisotopic (exact) mass is 506 g/mol. The topological polar surface area (TPSA) is 66.5 Å². The molecule has 0 spiro atoms. The maximum atomic E-state index is 13.0. The first kappa shape index (κ1) is 24.0. The highest BCUT2D eigenvalue weighted by Gasteiger charge is 2.32. The third-order valence-electron chi connectivity index (χ3n) is 5.71. The van der Waals surface area contributed by atoms with Crippen molar-refractivity contribution in [2.24, 2.45) is 11.8 Å². The zero-order chi connectivity index (χ0) is 22.4. The van der Waals surface area contributed by atoms with Crippen molar-refractivity contribution in [2.45, 2.75) is 44.9 Å². The molecule has 0 aromatic heterocycles. The molecule has 0 radical (unpaired) electrons. The van der Waals surface area contributed by atoms with Gasteiger partial charge in [0.2, 0.25) is 15.9 Å². The summed E-state index contributed by atoms with van der Waals surface area (Å²) in [4.78, 5) is 13.0. The van der Waals surface area contributed by atoms with Gasteiger partial charge in [-0.3, -0.25) is 4.79 Å². The Kier molecular flexibility index (Phi) is 8.30. The van der Waals surface area contributed by atoms with Crippen LogP contribution in [0.2, 0.25) is 0 Å². The number of rotatable bonds is 8. The molecule has 0 bridgehead atoms. The van der Waals surface area contributed by atoms with Crippen molar-refractivity contribution in [1.82, 2.24) is 9.62 Å². The molecule has 1 N–H and O–H groups in total. The fourth-order valence-corrected chi connectivity index (χ4v) is 5.83. The SMILES string of the molecule is CC(C)C[C@@H](NC(=O)C1CCN(S(=O)(=O)Cc2ccc(Br)cc2)CC1)c1ccccc1. The third kappa shape index (κ3) is 6.89. The predicted octanol–water partition coefficient (Wildman–Crippen LogP) is 4.89. The van der Waals surface area contributed by atoms with Crippen molar-refractivity contribution >= 4 is 31.9 Å². The first-order valence-corrected chi connectivity index (χ1v) is 13.2. The lowest BCUT2D eigenvalue weighted by Gasteiger charge is -2.32. The van der Waals surface area contributed by atoms with Crippen molar-refractivity contribution < 1.29 is 13.2 Å². The number of amides is 1. The molecule has 1 aliphatic rings. The van der Waals surface area contributed by atoms with Crippen LogP contribution in [0.1, 0.15) is 50.3 Å². The van der Waals surface area contributed by atoms with E-state index in [1.54, 1.807) is 0 Å². The summed E-state index contributed by atoms with van der Waals surface area (Å²) in [6.07, 6.45) is 1.97. The molecule has 1 fully saturated rings. The molecule has 3 rings (SSSR count). The Morgan fingerprint density at radius 1 is 1.06 bits per heavy atom. The normalized spacial score (nSPS) is 16.9.